The Labute approximate surface area is 174 Å². The van der Waals surface area contributed by atoms with Crippen LogP contribution in [0.2, 0.25) is 0 Å². The molecule has 2 bridgehead atoms. The first kappa shape index (κ1) is 18.9. The summed E-state index contributed by atoms with van der Waals surface area (Å²) >= 11 is 0. The standard InChI is InChI=1S/C27H32O2/c1-16-17(2)24-14-21(16)11-22(24)15-25(28)29-27(3,4)23-12-19-9-5-7-18-8-6-10-20(13-23)26(18)19/h5-7,9-10,12-13,16-17,21-22,24H,8,11,14-15H2,1-4H3. The van der Waals surface area contributed by atoms with Gasteiger partial charge in [0.1, 0.15) is 5.60 Å². The fourth-order valence-corrected chi connectivity index (χ4v) is 6.43. The molecule has 2 nitrogen and oxygen atoms in total. The molecule has 0 heterocycles. The lowest BCUT2D eigenvalue weighted by Crippen LogP contribution is -2.30. The Bertz CT molecular complexity index is 997. The molecule has 152 valence electrons. The van der Waals surface area contributed by atoms with Crippen LogP contribution in [0.5, 0.6) is 0 Å². The summed E-state index contributed by atoms with van der Waals surface area (Å²) in [6.45, 7) is 8.82. The number of rotatable bonds is 4. The summed E-state index contributed by atoms with van der Waals surface area (Å²) in [4.78, 5) is 12.9. The second-order valence-electron chi connectivity index (χ2n) is 10.2. The highest BCUT2D eigenvalue weighted by molar-refractivity contribution is 5.95. The van der Waals surface area contributed by atoms with Gasteiger partial charge in [-0.05, 0) is 102 Å². The van der Waals surface area contributed by atoms with Gasteiger partial charge < -0.3 is 4.74 Å². The molecule has 0 spiro atoms. The zero-order chi connectivity index (χ0) is 20.3. The molecule has 2 aromatic carbocycles. The van der Waals surface area contributed by atoms with Crippen molar-refractivity contribution in [3.8, 4) is 0 Å². The third-order valence-corrected chi connectivity index (χ3v) is 8.26. The highest BCUT2D eigenvalue weighted by Crippen LogP contribution is 2.56. The summed E-state index contributed by atoms with van der Waals surface area (Å²) in [5.41, 5.74) is 3.06. The van der Waals surface area contributed by atoms with Gasteiger partial charge in [0.25, 0.3) is 0 Å². The molecule has 0 radical (unpaired) electrons. The smallest absolute Gasteiger partial charge is 0.306 e. The van der Waals surface area contributed by atoms with Gasteiger partial charge >= 0.3 is 5.97 Å². The summed E-state index contributed by atoms with van der Waals surface area (Å²) in [6.07, 6.45) is 8.51. The second-order valence-corrected chi connectivity index (χ2v) is 10.2. The van der Waals surface area contributed by atoms with Crippen molar-refractivity contribution in [3.63, 3.8) is 0 Å². The molecule has 2 heteroatoms. The lowest BCUT2D eigenvalue weighted by atomic mass is 9.74. The molecule has 0 amide bonds. The number of hydrogen-bond acceptors (Lipinski definition) is 2. The third-order valence-electron chi connectivity index (χ3n) is 8.26. The quantitative estimate of drug-likeness (QED) is 0.558. The van der Waals surface area contributed by atoms with E-state index in [0.29, 0.717) is 18.3 Å². The van der Waals surface area contributed by atoms with Crippen molar-refractivity contribution in [2.75, 3.05) is 0 Å². The number of carbonyl (C=O) groups excluding carboxylic acids is 1. The number of allylic oxidation sites excluding steroid dienone is 1. The van der Waals surface area contributed by atoms with E-state index >= 15 is 0 Å². The largest absolute Gasteiger partial charge is 0.455 e. The zero-order valence-corrected chi connectivity index (χ0v) is 18.1. The van der Waals surface area contributed by atoms with Crippen LogP contribution in [0.1, 0.15) is 63.6 Å². The molecule has 0 aromatic heterocycles. The fourth-order valence-electron chi connectivity index (χ4n) is 6.43. The van der Waals surface area contributed by atoms with Crippen LogP contribution < -0.4 is 0 Å². The van der Waals surface area contributed by atoms with E-state index in [9.17, 15) is 4.79 Å². The Balaban J connectivity index is 1.35. The van der Waals surface area contributed by atoms with Gasteiger partial charge in [0.05, 0.1) is 0 Å². The first-order chi connectivity index (χ1) is 13.8. The maximum atomic E-state index is 12.9. The summed E-state index contributed by atoms with van der Waals surface area (Å²) in [5.74, 6) is 3.56. The van der Waals surface area contributed by atoms with Crippen molar-refractivity contribution >= 4 is 22.8 Å². The molecule has 3 aliphatic carbocycles. The SMILES string of the molecule is CC1C2CC(CC(=O)OC(C)(C)c3cc4c5c(cccc5c3)CC=C4)C(C2)C1C. The first-order valence-corrected chi connectivity index (χ1v) is 11.3. The van der Waals surface area contributed by atoms with Gasteiger partial charge in [0.2, 0.25) is 0 Å². The zero-order valence-electron chi connectivity index (χ0n) is 18.1. The van der Waals surface area contributed by atoms with Crippen molar-refractivity contribution in [1.29, 1.82) is 0 Å². The van der Waals surface area contributed by atoms with Crippen LogP contribution in [0.25, 0.3) is 16.8 Å². The van der Waals surface area contributed by atoms with Gasteiger partial charge in [-0.3, -0.25) is 4.79 Å². The molecule has 29 heavy (non-hydrogen) atoms. The molecule has 0 N–H and O–H groups in total. The first-order valence-electron chi connectivity index (χ1n) is 11.3. The Hall–Kier alpha value is -2.09. The van der Waals surface area contributed by atoms with Gasteiger partial charge in [0, 0.05) is 6.42 Å². The van der Waals surface area contributed by atoms with Crippen LogP contribution in [0, 0.1) is 29.6 Å². The van der Waals surface area contributed by atoms with E-state index in [2.05, 4.69) is 56.3 Å². The highest BCUT2D eigenvalue weighted by atomic mass is 16.6. The second kappa shape index (κ2) is 6.72. The third kappa shape index (κ3) is 3.12. The Morgan fingerprint density at radius 2 is 1.97 bits per heavy atom. The predicted octanol–water partition coefficient (Wildman–Crippen LogP) is 6.51. The maximum absolute atomic E-state index is 12.9. The van der Waals surface area contributed by atoms with E-state index < -0.39 is 5.60 Å². The van der Waals surface area contributed by atoms with E-state index in [1.807, 2.05) is 13.8 Å². The Morgan fingerprint density at radius 1 is 1.14 bits per heavy atom. The molecular weight excluding hydrogens is 356 g/mol. The van der Waals surface area contributed by atoms with Gasteiger partial charge in [-0.1, -0.05) is 44.2 Å². The molecule has 0 aliphatic heterocycles. The van der Waals surface area contributed by atoms with Crippen molar-refractivity contribution < 1.29 is 9.53 Å². The van der Waals surface area contributed by atoms with Crippen LogP contribution >= 0.6 is 0 Å². The van der Waals surface area contributed by atoms with Gasteiger partial charge in [-0.2, -0.15) is 0 Å². The van der Waals surface area contributed by atoms with Crippen molar-refractivity contribution in [1.82, 2.24) is 0 Å². The fraction of sp³-hybridized carbons (Fsp3) is 0.519. The average molecular weight is 389 g/mol. The van der Waals surface area contributed by atoms with E-state index in [0.717, 1.165) is 29.7 Å². The predicted molar refractivity (Wildman–Crippen MR) is 118 cm³/mol. The summed E-state index contributed by atoms with van der Waals surface area (Å²) in [7, 11) is 0. The summed E-state index contributed by atoms with van der Waals surface area (Å²) in [5, 5.41) is 2.57. The van der Waals surface area contributed by atoms with Crippen LogP contribution in [0.15, 0.2) is 36.4 Å². The summed E-state index contributed by atoms with van der Waals surface area (Å²) < 4.78 is 6.09. The highest BCUT2D eigenvalue weighted by Gasteiger charge is 2.49. The molecule has 2 aromatic rings. The number of ether oxygens (including phenoxy) is 1. The molecule has 5 rings (SSSR count). The lowest BCUT2D eigenvalue weighted by Gasteiger charge is -2.32. The minimum absolute atomic E-state index is 0.0366. The van der Waals surface area contributed by atoms with E-state index in [1.165, 1.54) is 34.7 Å². The monoisotopic (exact) mass is 388 g/mol. The van der Waals surface area contributed by atoms with Gasteiger partial charge in [-0.25, -0.2) is 0 Å². The van der Waals surface area contributed by atoms with E-state index in [1.54, 1.807) is 0 Å². The normalized spacial score (nSPS) is 30.1. The van der Waals surface area contributed by atoms with Crippen molar-refractivity contribution in [2.24, 2.45) is 29.6 Å². The van der Waals surface area contributed by atoms with Crippen LogP contribution in [0.3, 0.4) is 0 Å². The lowest BCUT2D eigenvalue weighted by molar-refractivity contribution is -0.159. The number of carbonyl (C=O) groups is 1. The molecule has 5 atom stereocenters. The van der Waals surface area contributed by atoms with Crippen LogP contribution in [-0.2, 0) is 21.6 Å². The van der Waals surface area contributed by atoms with Crippen molar-refractivity contribution in [3.05, 3.63) is 53.1 Å². The molecule has 3 aliphatic rings. The van der Waals surface area contributed by atoms with Crippen molar-refractivity contribution in [2.45, 2.75) is 59.0 Å². The van der Waals surface area contributed by atoms with E-state index in [-0.39, 0.29) is 5.97 Å². The number of benzene rings is 2. The van der Waals surface area contributed by atoms with E-state index in [4.69, 9.17) is 4.74 Å². The molecule has 5 unspecified atom stereocenters. The Morgan fingerprint density at radius 3 is 2.72 bits per heavy atom. The molecule has 0 saturated heterocycles. The molecule has 2 fully saturated rings. The summed E-state index contributed by atoms with van der Waals surface area (Å²) in [6, 6.07) is 10.9. The Kier molecular flexibility index (Phi) is 4.38. The number of fused-ring (bicyclic) bond motifs is 2. The minimum atomic E-state index is -0.625. The molecule has 2 saturated carbocycles. The molecular formula is C27H32O2. The van der Waals surface area contributed by atoms with Gasteiger partial charge in [0.15, 0.2) is 0 Å². The topological polar surface area (TPSA) is 26.3 Å². The van der Waals surface area contributed by atoms with Gasteiger partial charge in [-0.15, -0.1) is 0 Å². The minimum Gasteiger partial charge on any atom is -0.455 e. The average Bonchev–Trinajstić information content (AvgIpc) is 3.21. The number of esters is 1. The maximum Gasteiger partial charge on any atom is 0.306 e. The number of hydrogen-bond donors (Lipinski definition) is 0. The van der Waals surface area contributed by atoms with Crippen LogP contribution in [0.4, 0.5) is 0 Å². The van der Waals surface area contributed by atoms with Crippen LogP contribution in [-0.4, -0.2) is 5.97 Å².